The van der Waals surface area contributed by atoms with Gasteiger partial charge in [-0.2, -0.15) is 0 Å². The Morgan fingerprint density at radius 1 is 1.14 bits per heavy atom. The highest BCUT2D eigenvalue weighted by atomic mass is 16.5. The van der Waals surface area contributed by atoms with Crippen molar-refractivity contribution in [2.24, 2.45) is 0 Å². The smallest absolute Gasteiger partial charge is 0.341 e. The van der Waals surface area contributed by atoms with Crippen molar-refractivity contribution in [2.45, 2.75) is 6.92 Å². The van der Waals surface area contributed by atoms with Crippen LogP contribution in [0, 0.1) is 0 Å². The Labute approximate surface area is 128 Å². The van der Waals surface area contributed by atoms with Crippen LogP contribution in [0.15, 0.2) is 24.3 Å². The van der Waals surface area contributed by atoms with Gasteiger partial charge in [0.15, 0.2) is 6.61 Å². The zero-order chi connectivity index (χ0) is 16.1. The lowest BCUT2D eigenvalue weighted by molar-refractivity contribution is -0.139. The standard InChI is InChI=1S/C15H18N2O5/c1-11(18)16-5-7-17(8-6-16)15(21)12-3-2-4-13(9-12)22-10-14(19)20/h2-4,9H,5-8,10H2,1H3,(H,19,20). The maximum atomic E-state index is 12.4. The molecular formula is C15H18N2O5. The van der Waals surface area contributed by atoms with Gasteiger partial charge in [0.25, 0.3) is 5.91 Å². The zero-order valence-corrected chi connectivity index (χ0v) is 12.3. The number of carbonyl (C=O) groups excluding carboxylic acids is 2. The minimum atomic E-state index is -1.07. The van der Waals surface area contributed by atoms with Crippen LogP contribution in [0.4, 0.5) is 0 Å². The summed E-state index contributed by atoms with van der Waals surface area (Å²) < 4.78 is 5.07. The molecule has 118 valence electrons. The van der Waals surface area contributed by atoms with Crippen LogP contribution in [0.1, 0.15) is 17.3 Å². The molecule has 0 radical (unpaired) electrons. The number of hydrogen-bond acceptors (Lipinski definition) is 4. The van der Waals surface area contributed by atoms with Gasteiger partial charge in [0, 0.05) is 38.7 Å². The van der Waals surface area contributed by atoms with E-state index in [0.29, 0.717) is 37.5 Å². The van der Waals surface area contributed by atoms with Crippen molar-refractivity contribution in [1.82, 2.24) is 9.80 Å². The first-order chi connectivity index (χ1) is 10.5. The van der Waals surface area contributed by atoms with Crippen molar-refractivity contribution >= 4 is 17.8 Å². The van der Waals surface area contributed by atoms with Gasteiger partial charge in [-0.15, -0.1) is 0 Å². The molecule has 1 aliphatic heterocycles. The quantitative estimate of drug-likeness (QED) is 0.873. The summed E-state index contributed by atoms with van der Waals surface area (Å²) in [5.41, 5.74) is 0.444. The fraction of sp³-hybridized carbons (Fsp3) is 0.400. The van der Waals surface area contributed by atoms with Gasteiger partial charge >= 0.3 is 5.97 Å². The summed E-state index contributed by atoms with van der Waals surface area (Å²) >= 11 is 0. The molecule has 2 amide bonds. The number of carboxylic acids is 1. The molecule has 1 saturated heterocycles. The van der Waals surface area contributed by atoms with E-state index in [0.717, 1.165) is 0 Å². The van der Waals surface area contributed by atoms with Gasteiger partial charge in [0.2, 0.25) is 5.91 Å². The Kier molecular flexibility index (Phi) is 4.98. The van der Waals surface area contributed by atoms with Crippen LogP contribution in [-0.2, 0) is 9.59 Å². The van der Waals surface area contributed by atoms with Crippen molar-refractivity contribution < 1.29 is 24.2 Å². The van der Waals surface area contributed by atoms with Crippen LogP contribution in [0.2, 0.25) is 0 Å². The first-order valence-corrected chi connectivity index (χ1v) is 6.97. The summed E-state index contributed by atoms with van der Waals surface area (Å²) in [5, 5.41) is 8.59. The Balaban J connectivity index is 1.99. The topological polar surface area (TPSA) is 87.2 Å². The maximum Gasteiger partial charge on any atom is 0.341 e. The van der Waals surface area contributed by atoms with E-state index in [1.807, 2.05) is 0 Å². The van der Waals surface area contributed by atoms with Crippen molar-refractivity contribution in [3.63, 3.8) is 0 Å². The largest absolute Gasteiger partial charge is 0.482 e. The number of nitrogens with zero attached hydrogens (tertiary/aromatic N) is 2. The first kappa shape index (κ1) is 15.8. The first-order valence-electron chi connectivity index (χ1n) is 6.97. The number of ether oxygens (including phenoxy) is 1. The predicted molar refractivity (Wildman–Crippen MR) is 77.7 cm³/mol. The summed E-state index contributed by atoms with van der Waals surface area (Å²) in [7, 11) is 0. The van der Waals surface area contributed by atoms with E-state index in [2.05, 4.69) is 0 Å². The summed E-state index contributed by atoms with van der Waals surface area (Å²) in [5.74, 6) is -0.868. The van der Waals surface area contributed by atoms with E-state index in [9.17, 15) is 14.4 Å². The molecule has 0 saturated carbocycles. The molecule has 0 aromatic heterocycles. The van der Waals surface area contributed by atoms with Crippen LogP contribution in [-0.4, -0.2) is 65.5 Å². The minimum Gasteiger partial charge on any atom is -0.482 e. The van der Waals surface area contributed by atoms with Gasteiger partial charge in [-0.25, -0.2) is 4.79 Å². The van der Waals surface area contributed by atoms with Crippen molar-refractivity contribution in [3.05, 3.63) is 29.8 Å². The molecule has 7 nitrogen and oxygen atoms in total. The van der Waals surface area contributed by atoms with Gasteiger partial charge in [0.1, 0.15) is 5.75 Å². The summed E-state index contributed by atoms with van der Waals surface area (Å²) in [6.07, 6.45) is 0. The number of aliphatic carboxylic acids is 1. The fourth-order valence-corrected chi connectivity index (χ4v) is 2.27. The lowest BCUT2D eigenvalue weighted by Crippen LogP contribution is -2.50. The number of amides is 2. The molecule has 1 fully saturated rings. The molecule has 1 N–H and O–H groups in total. The molecule has 1 aromatic rings. The monoisotopic (exact) mass is 306 g/mol. The average molecular weight is 306 g/mol. The molecule has 0 atom stereocenters. The zero-order valence-electron chi connectivity index (χ0n) is 12.3. The average Bonchev–Trinajstić information content (AvgIpc) is 2.52. The summed E-state index contributed by atoms with van der Waals surface area (Å²) in [6, 6.07) is 6.44. The van der Waals surface area contributed by atoms with E-state index in [1.165, 1.54) is 13.0 Å². The lowest BCUT2D eigenvalue weighted by Gasteiger charge is -2.34. The molecular weight excluding hydrogens is 288 g/mol. The molecule has 2 rings (SSSR count). The van der Waals surface area contributed by atoms with Gasteiger partial charge in [-0.05, 0) is 18.2 Å². The SMILES string of the molecule is CC(=O)N1CCN(C(=O)c2cccc(OCC(=O)O)c2)CC1. The number of hydrogen-bond donors (Lipinski definition) is 1. The second kappa shape index (κ2) is 6.93. The molecule has 0 spiro atoms. The molecule has 1 aromatic carbocycles. The van der Waals surface area contributed by atoms with Gasteiger partial charge in [0.05, 0.1) is 0 Å². The highest BCUT2D eigenvalue weighted by molar-refractivity contribution is 5.94. The highest BCUT2D eigenvalue weighted by Crippen LogP contribution is 2.16. The molecule has 7 heteroatoms. The highest BCUT2D eigenvalue weighted by Gasteiger charge is 2.23. The van der Waals surface area contributed by atoms with Crippen LogP contribution in [0.5, 0.6) is 5.75 Å². The molecule has 22 heavy (non-hydrogen) atoms. The second-order valence-corrected chi connectivity index (χ2v) is 5.01. The predicted octanol–water partition coefficient (Wildman–Crippen LogP) is 0.454. The van der Waals surface area contributed by atoms with Crippen molar-refractivity contribution in [2.75, 3.05) is 32.8 Å². The van der Waals surface area contributed by atoms with Crippen LogP contribution >= 0.6 is 0 Å². The fourth-order valence-electron chi connectivity index (χ4n) is 2.27. The Hall–Kier alpha value is -2.57. The molecule has 0 unspecified atom stereocenters. The summed E-state index contributed by atoms with van der Waals surface area (Å²) in [6.45, 7) is 3.08. The second-order valence-electron chi connectivity index (χ2n) is 5.01. The van der Waals surface area contributed by atoms with Gasteiger partial charge in [-0.3, -0.25) is 9.59 Å². The van der Waals surface area contributed by atoms with Crippen molar-refractivity contribution in [1.29, 1.82) is 0 Å². The van der Waals surface area contributed by atoms with Crippen molar-refractivity contribution in [3.8, 4) is 5.75 Å². The minimum absolute atomic E-state index is 0.0103. The molecule has 1 aliphatic rings. The maximum absolute atomic E-state index is 12.4. The Morgan fingerprint density at radius 3 is 2.36 bits per heavy atom. The van der Waals surface area contributed by atoms with Crippen LogP contribution in [0.3, 0.4) is 0 Å². The number of carbonyl (C=O) groups is 3. The molecule has 0 aliphatic carbocycles. The number of rotatable bonds is 4. The van der Waals surface area contributed by atoms with Gasteiger partial charge in [-0.1, -0.05) is 6.07 Å². The number of benzene rings is 1. The third-order valence-corrected chi connectivity index (χ3v) is 3.46. The lowest BCUT2D eigenvalue weighted by atomic mass is 10.1. The number of piperazine rings is 1. The van der Waals surface area contributed by atoms with E-state index < -0.39 is 12.6 Å². The molecule has 1 heterocycles. The van der Waals surface area contributed by atoms with Crippen LogP contribution in [0.25, 0.3) is 0 Å². The third-order valence-electron chi connectivity index (χ3n) is 3.46. The Morgan fingerprint density at radius 2 is 1.77 bits per heavy atom. The molecule has 0 bridgehead atoms. The van der Waals surface area contributed by atoms with Gasteiger partial charge < -0.3 is 19.6 Å². The Bertz CT molecular complexity index is 579. The third kappa shape index (κ3) is 3.97. The number of carboxylic acid groups (broad SMARTS) is 1. The summed E-state index contributed by atoms with van der Waals surface area (Å²) in [4.78, 5) is 37.6. The van der Waals surface area contributed by atoms with E-state index in [4.69, 9.17) is 9.84 Å². The van der Waals surface area contributed by atoms with E-state index in [-0.39, 0.29) is 11.8 Å². The van der Waals surface area contributed by atoms with E-state index >= 15 is 0 Å². The normalized spacial score (nSPS) is 14.6. The van der Waals surface area contributed by atoms with E-state index in [1.54, 1.807) is 28.0 Å². The van der Waals surface area contributed by atoms with Crippen LogP contribution < -0.4 is 4.74 Å².